The van der Waals surface area contributed by atoms with E-state index in [2.05, 4.69) is 12.6 Å². The van der Waals surface area contributed by atoms with Crippen molar-refractivity contribution < 1.29 is 14.6 Å². The molecule has 4 heteroatoms. The van der Waals surface area contributed by atoms with Gasteiger partial charge in [0.25, 0.3) is 0 Å². The molecule has 1 N–H and O–H groups in total. The van der Waals surface area contributed by atoms with Crippen LogP contribution in [0.15, 0.2) is 23.1 Å². The molecule has 1 aromatic rings. The van der Waals surface area contributed by atoms with Gasteiger partial charge in [-0.15, -0.1) is 12.6 Å². The molecule has 3 nitrogen and oxygen atoms in total. The molecule has 0 saturated heterocycles. The zero-order chi connectivity index (χ0) is 9.14. The van der Waals surface area contributed by atoms with Crippen molar-refractivity contribution in [3.05, 3.63) is 23.8 Å². The molecule has 0 amide bonds. The monoisotopic (exact) mass is 184 g/mol. The fourth-order valence-corrected chi connectivity index (χ4v) is 1.21. The highest BCUT2D eigenvalue weighted by atomic mass is 32.1. The summed E-state index contributed by atoms with van der Waals surface area (Å²) in [4.78, 5) is 11.1. The first-order valence-electron chi connectivity index (χ1n) is 3.26. The Labute approximate surface area is 75.4 Å². The summed E-state index contributed by atoms with van der Waals surface area (Å²) in [6.45, 7) is 0. The molecule has 0 spiro atoms. The molecule has 0 aliphatic heterocycles. The molecule has 1 rings (SSSR count). The molecule has 0 aliphatic carbocycles. The van der Waals surface area contributed by atoms with Crippen LogP contribution in [0.25, 0.3) is 0 Å². The van der Waals surface area contributed by atoms with Gasteiger partial charge in [-0.3, -0.25) is 0 Å². The molecule has 0 bridgehead atoms. The van der Waals surface area contributed by atoms with Crippen LogP contribution in [-0.2, 0) is 0 Å². The number of carboxylic acids is 1. The number of methoxy groups -OCH3 is 1. The number of hydrogen-bond acceptors (Lipinski definition) is 3. The van der Waals surface area contributed by atoms with Crippen molar-refractivity contribution in [2.24, 2.45) is 0 Å². The van der Waals surface area contributed by atoms with Crippen LogP contribution < -0.4 is 4.74 Å². The summed E-state index contributed by atoms with van der Waals surface area (Å²) in [5.74, 6) is -0.712. The maximum absolute atomic E-state index is 10.6. The second-order valence-electron chi connectivity index (χ2n) is 2.16. The molecule has 1 aromatic carbocycles. The lowest BCUT2D eigenvalue weighted by Gasteiger charge is -2.05. The minimum Gasteiger partial charge on any atom is -0.495 e. The van der Waals surface area contributed by atoms with Gasteiger partial charge in [-0.05, 0) is 12.1 Å². The number of thiol groups is 1. The van der Waals surface area contributed by atoms with Gasteiger partial charge in [0.2, 0.25) is 0 Å². The van der Waals surface area contributed by atoms with E-state index >= 15 is 0 Å². The van der Waals surface area contributed by atoms with Gasteiger partial charge in [0.15, 0.2) is 0 Å². The Morgan fingerprint density at radius 2 is 2.25 bits per heavy atom. The molecule has 0 aromatic heterocycles. The second-order valence-corrected chi connectivity index (χ2v) is 2.64. The van der Waals surface area contributed by atoms with Crippen LogP contribution in [0, 0.1) is 0 Å². The van der Waals surface area contributed by atoms with Gasteiger partial charge >= 0.3 is 5.97 Å². The summed E-state index contributed by atoms with van der Waals surface area (Å²) in [5, 5.41) is 8.71. The molecular weight excluding hydrogens is 176 g/mol. The lowest BCUT2D eigenvalue weighted by molar-refractivity contribution is 0.0693. The van der Waals surface area contributed by atoms with E-state index in [4.69, 9.17) is 9.84 Å². The number of ether oxygens (including phenoxy) is 1. The highest BCUT2D eigenvalue weighted by Crippen LogP contribution is 2.26. The molecule has 0 heterocycles. The smallest absolute Gasteiger partial charge is 0.339 e. The predicted octanol–water partition coefficient (Wildman–Crippen LogP) is 1.68. The van der Waals surface area contributed by atoms with Gasteiger partial charge in [0.05, 0.1) is 7.11 Å². The molecule has 0 aliphatic rings. The van der Waals surface area contributed by atoms with Crippen molar-refractivity contribution in [2.45, 2.75) is 4.90 Å². The third kappa shape index (κ3) is 1.53. The van der Waals surface area contributed by atoms with Crippen LogP contribution in [0.4, 0.5) is 0 Å². The lowest BCUT2D eigenvalue weighted by Crippen LogP contribution is -2.00. The number of benzene rings is 1. The minimum atomic E-state index is -1.01. The molecule has 0 atom stereocenters. The van der Waals surface area contributed by atoms with E-state index in [0.29, 0.717) is 10.6 Å². The maximum atomic E-state index is 10.6. The quantitative estimate of drug-likeness (QED) is 0.687. The SMILES string of the molecule is COc1c(S)cccc1C(=O)O. The van der Waals surface area contributed by atoms with Crippen molar-refractivity contribution >= 4 is 18.6 Å². The summed E-state index contributed by atoms with van der Waals surface area (Å²) in [6, 6.07) is 4.77. The van der Waals surface area contributed by atoms with Crippen LogP contribution in [0.3, 0.4) is 0 Å². The van der Waals surface area contributed by atoms with E-state index in [9.17, 15) is 4.79 Å². The zero-order valence-corrected chi connectivity index (χ0v) is 7.34. The second kappa shape index (κ2) is 3.49. The van der Waals surface area contributed by atoms with Crippen LogP contribution in [0.2, 0.25) is 0 Å². The number of aromatic carboxylic acids is 1. The van der Waals surface area contributed by atoms with E-state index in [0.717, 1.165) is 0 Å². The third-order valence-electron chi connectivity index (χ3n) is 1.43. The number of hydrogen-bond donors (Lipinski definition) is 2. The molecule has 12 heavy (non-hydrogen) atoms. The Kier molecular flexibility index (Phi) is 2.60. The molecule has 0 radical (unpaired) electrons. The Hall–Kier alpha value is -1.16. The highest BCUT2D eigenvalue weighted by molar-refractivity contribution is 7.80. The summed E-state index contributed by atoms with van der Waals surface area (Å²) in [6.07, 6.45) is 0. The van der Waals surface area contributed by atoms with Gasteiger partial charge in [-0.2, -0.15) is 0 Å². The first-order valence-corrected chi connectivity index (χ1v) is 3.70. The summed E-state index contributed by atoms with van der Waals surface area (Å²) in [5.41, 5.74) is 0.130. The van der Waals surface area contributed by atoms with E-state index in [1.54, 1.807) is 12.1 Å². The van der Waals surface area contributed by atoms with Gasteiger partial charge < -0.3 is 9.84 Å². The van der Waals surface area contributed by atoms with Crippen LogP contribution in [0.5, 0.6) is 5.75 Å². The van der Waals surface area contributed by atoms with E-state index in [1.807, 2.05) is 0 Å². The number of carboxylic acid groups (broad SMARTS) is 1. The van der Waals surface area contributed by atoms with Crippen molar-refractivity contribution in [3.63, 3.8) is 0 Å². The Bertz CT molecular complexity index is 309. The normalized spacial score (nSPS) is 9.50. The molecule has 0 saturated carbocycles. The fraction of sp³-hybridized carbons (Fsp3) is 0.125. The number of carbonyl (C=O) groups is 1. The third-order valence-corrected chi connectivity index (χ3v) is 1.78. The Morgan fingerprint density at radius 1 is 1.58 bits per heavy atom. The predicted molar refractivity (Wildman–Crippen MR) is 47.2 cm³/mol. The standard InChI is InChI=1S/C8H8O3S/c1-11-7-5(8(9)10)3-2-4-6(7)12/h2-4,12H,1H3,(H,9,10). The van der Waals surface area contributed by atoms with Crippen molar-refractivity contribution in [1.82, 2.24) is 0 Å². The zero-order valence-electron chi connectivity index (χ0n) is 6.44. The van der Waals surface area contributed by atoms with Crippen LogP contribution in [-0.4, -0.2) is 18.2 Å². The molecule has 0 unspecified atom stereocenters. The first kappa shape index (κ1) is 8.93. The number of rotatable bonds is 2. The van der Waals surface area contributed by atoms with Crippen molar-refractivity contribution in [2.75, 3.05) is 7.11 Å². The average molecular weight is 184 g/mol. The van der Waals surface area contributed by atoms with Gasteiger partial charge in [-0.1, -0.05) is 6.07 Å². The number of para-hydroxylation sites is 1. The van der Waals surface area contributed by atoms with Crippen LogP contribution >= 0.6 is 12.6 Å². The van der Waals surface area contributed by atoms with Gasteiger partial charge in [-0.25, -0.2) is 4.79 Å². The van der Waals surface area contributed by atoms with Gasteiger partial charge in [0.1, 0.15) is 11.3 Å². The fourth-order valence-electron chi connectivity index (χ4n) is 0.908. The highest BCUT2D eigenvalue weighted by Gasteiger charge is 2.11. The Morgan fingerprint density at radius 3 is 2.67 bits per heavy atom. The minimum absolute atomic E-state index is 0.130. The van der Waals surface area contributed by atoms with E-state index in [-0.39, 0.29) is 5.56 Å². The van der Waals surface area contributed by atoms with Crippen molar-refractivity contribution in [3.8, 4) is 5.75 Å². The summed E-state index contributed by atoms with van der Waals surface area (Å²) < 4.78 is 4.88. The molecule has 64 valence electrons. The van der Waals surface area contributed by atoms with Crippen molar-refractivity contribution in [1.29, 1.82) is 0 Å². The van der Waals surface area contributed by atoms with E-state index < -0.39 is 5.97 Å². The first-order chi connectivity index (χ1) is 5.66. The molecule has 0 fully saturated rings. The lowest BCUT2D eigenvalue weighted by atomic mass is 10.2. The topological polar surface area (TPSA) is 46.5 Å². The molecular formula is C8H8O3S. The Balaban J connectivity index is 3.27. The summed E-state index contributed by atoms with van der Waals surface area (Å²) in [7, 11) is 1.42. The maximum Gasteiger partial charge on any atom is 0.339 e. The van der Waals surface area contributed by atoms with E-state index in [1.165, 1.54) is 13.2 Å². The summed E-state index contributed by atoms with van der Waals surface area (Å²) >= 11 is 4.05. The largest absolute Gasteiger partial charge is 0.495 e. The average Bonchev–Trinajstić information content (AvgIpc) is 2.03. The van der Waals surface area contributed by atoms with Gasteiger partial charge in [0, 0.05) is 4.90 Å². The van der Waals surface area contributed by atoms with Crippen LogP contribution in [0.1, 0.15) is 10.4 Å².